The lowest BCUT2D eigenvalue weighted by atomic mass is 9.80. The topological polar surface area (TPSA) is 46.0 Å². The van der Waals surface area contributed by atoms with Crippen molar-refractivity contribution < 1.29 is 0 Å². The van der Waals surface area contributed by atoms with Crippen molar-refractivity contribution in [2.75, 3.05) is 13.1 Å². The van der Waals surface area contributed by atoms with Crippen LogP contribution in [0.2, 0.25) is 0 Å². The molecule has 1 aliphatic heterocycles. The molecule has 2 unspecified atom stereocenters. The van der Waals surface area contributed by atoms with Crippen LogP contribution in [0, 0.1) is 11.3 Å². The minimum absolute atomic E-state index is 0.260. The van der Waals surface area contributed by atoms with E-state index < -0.39 is 0 Å². The number of aromatic nitrogens is 3. The summed E-state index contributed by atoms with van der Waals surface area (Å²) in [6.45, 7) is 12.5. The predicted octanol–water partition coefficient (Wildman–Crippen LogP) is 1.80. The Hall–Kier alpha value is -0.940. The number of rotatable bonds is 3. The van der Waals surface area contributed by atoms with E-state index in [2.05, 4.69) is 48.0 Å². The van der Waals surface area contributed by atoms with Gasteiger partial charge >= 0.3 is 0 Å². The van der Waals surface area contributed by atoms with Crippen molar-refractivity contribution in [3.8, 4) is 0 Å². The normalized spacial score (nSPS) is 31.6. The summed E-state index contributed by atoms with van der Waals surface area (Å²) in [5, 5.41) is 8.07. The largest absolute Gasteiger partial charge is 0.308 e. The van der Waals surface area contributed by atoms with Gasteiger partial charge in [-0.05, 0) is 31.1 Å². The molecule has 1 aromatic rings. The van der Waals surface area contributed by atoms with Crippen LogP contribution in [0.15, 0.2) is 6.33 Å². The van der Waals surface area contributed by atoms with Crippen LogP contribution in [0.25, 0.3) is 0 Å². The van der Waals surface area contributed by atoms with Crippen molar-refractivity contribution in [2.45, 2.75) is 58.7 Å². The van der Waals surface area contributed by atoms with Crippen LogP contribution in [0.5, 0.6) is 0 Å². The molecule has 5 nitrogen and oxygen atoms in total. The highest BCUT2D eigenvalue weighted by Gasteiger charge is 2.48. The molecule has 5 heteroatoms. The first-order valence-corrected chi connectivity index (χ1v) is 8.11. The van der Waals surface area contributed by atoms with E-state index in [0.29, 0.717) is 6.04 Å². The van der Waals surface area contributed by atoms with Gasteiger partial charge in [-0.1, -0.05) is 20.8 Å². The lowest BCUT2D eigenvalue weighted by molar-refractivity contribution is 0.0122. The molecule has 0 radical (unpaired) electrons. The number of nitrogens with one attached hydrogen (secondary N) is 1. The van der Waals surface area contributed by atoms with Crippen LogP contribution < -0.4 is 5.32 Å². The Morgan fingerprint density at radius 1 is 1.38 bits per heavy atom. The van der Waals surface area contributed by atoms with Gasteiger partial charge in [0.05, 0.1) is 6.54 Å². The van der Waals surface area contributed by atoms with E-state index in [1.165, 1.54) is 12.8 Å². The molecule has 1 aliphatic carbocycles. The second kappa shape index (κ2) is 5.06. The van der Waals surface area contributed by atoms with Crippen LogP contribution in [-0.2, 0) is 13.6 Å². The molecule has 0 bridgehead atoms. The van der Waals surface area contributed by atoms with Gasteiger partial charge in [0.25, 0.3) is 0 Å². The summed E-state index contributed by atoms with van der Waals surface area (Å²) in [6, 6.07) is 0.529. The third kappa shape index (κ3) is 2.99. The quantitative estimate of drug-likeness (QED) is 0.922. The van der Waals surface area contributed by atoms with E-state index in [0.717, 1.165) is 31.4 Å². The van der Waals surface area contributed by atoms with Gasteiger partial charge in [-0.25, -0.2) is 4.98 Å². The maximum atomic E-state index is 4.42. The summed E-state index contributed by atoms with van der Waals surface area (Å²) >= 11 is 0. The Bertz CT molecular complexity index is 499. The smallest absolute Gasteiger partial charge is 0.140 e. The number of aryl methyl sites for hydroxylation is 1. The molecule has 118 valence electrons. The average Bonchev–Trinajstić information content (AvgIpc) is 3.15. The highest BCUT2D eigenvalue weighted by atomic mass is 15.4. The zero-order chi connectivity index (χ0) is 15.3. The van der Waals surface area contributed by atoms with E-state index in [1.807, 2.05) is 11.7 Å². The van der Waals surface area contributed by atoms with Crippen molar-refractivity contribution in [1.82, 2.24) is 25.0 Å². The van der Waals surface area contributed by atoms with Gasteiger partial charge in [0.1, 0.15) is 12.2 Å². The summed E-state index contributed by atoms with van der Waals surface area (Å²) in [4.78, 5) is 7.05. The highest BCUT2D eigenvalue weighted by molar-refractivity contribution is 5.06. The molecule has 21 heavy (non-hydrogen) atoms. The highest BCUT2D eigenvalue weighted by Crippen LogP contribution is 2.42. The van der Waals surface area contributed by atoms with Crippen LogP contribution in [0.4, 0.5) is 0 Å². The molecule has 0 spiro atoms. The first kappa shape index (κ1) is 15.0. The Labute approximate surface area is 128 Å². The van der Waals surface area contributed by atoms with Crippen molar-refractivity contribution >= 4 is 0 Å². The SMILES string of the molecule is Cn1ncnc1CN1CC(C)(C2CC2)NCC1C(C)(C)C. The molecule has 1 saturated heterocycles. The molecular formula is C16H29N5. The Morgan fingerprint density at radius 3 is 2.62 bits per heavy atom. The van der Waals surface area contributed by atoms with Gasteiger partial charge in [-0.3, -0.25) is 9.58 Å². The summed E-state index contributed by atoms with van der Waals surface area (Å²) < 4.78 is 1.90. The molecule has 1 aromatic heterocycles. The molecule has 2 fully saturated rings. The molecule has 0 aromatic carbocycles. The lowest BCUT2D eigenvalue weighted by Crippen LogP contribution is -2.66. The van der Waals surface area contributed by atoms with Gasteiger partial charge in [-0.15, -0.1) is 0 Å². The van der Waals surface area contributed by atoms with Crippen LogP contribution in [0.3, 0.4) is 0 Å². The molecule has 1 saturated carbocycles. The lowest BCUT2D eigenvalue weighted by Gasteiger charge is -2.50. The van der Waals surface area contributed by atoms with Gasteiger partial charge in [0.15, 0.2) is 0 Å². The average molecular weight is 291 g/mol. The molecule has 3 rings (SSSR count). The molecular weight excluding hydrogens is 262 g/mol. The summed E-state index contributed by atoms with van der Waals surface area (Å²) in [5.41, 5.74) is 0.525. The zero-order valence-electron chi connectivity index (χ0n) is 14.1. The van der Waals surface area contributed by atoms with Crippen molar-refractivity contribution in [1.29, 1.82) is 0 Å². The van der Waals surface area contributed by atoms with Crippen molar-refractivity contribution in [3.63, 3.8) is 0 Å². The summed E-state index contributed by atoms with van der Waals surface area (Å²) in [6.07, 6.45) is 4.41. The number of piperazine rings is 1. The Kier molecular flexibility index (Phi) is 3.61. The Balaban J connectivity index is 1.81. The zero-order valence-corrected chi connectivity index (χ0v) is 14.1. The summed E-state index contributed by atoms with van der Waals surface area (Å²) in [7, 11) is 1.98. The van der Waals surface area contributed by atoms with Crippen molar-refractivity contribution in [2.24, 2.45) is 18.4 Å². The minimum atomic E-state index is 0.260. The fourth-order valence-corrected chi connectivity index (χ4v) is 3.71. The van der Waals surface area contributed by atoms with E-state index in [-0.39, 0.29) is 11.0 Å². The minimum Gasteiger partial charge on any atom is -0.308 e. The van der Waals surface area contributed by atoms with Gasteiger partial charge in [-0.2, -0.15) is 5.10 Å². The standard InChI is InChI=1S/C16H29N5/c1-15(2,3)13-8-18-16(4,12-6-7-12)10-21(13)9-14-17-11-19-20(14)5/h11-13,18H,6-10H2,1-5H3. The third-order valence-electron chi connectivity index (χ3n) is 5.30. The maximum Gasteiger partial charge on any atom is 0.140 e. The van der Waals surface area contributed by atoms with E-state index in [1.54, 1.807) is 6.33 Å². The molecule has 2 heterocycles. The molecule has 0 amide bonds. The Morgan fingerprint density at radius 2 is 2.10 bits per heavy atom. The second-order valence-corrected chi connectivity index (χ2v) is 8.16. The predicted molar refractivity (Wildman–Crippen MR) is 83.8 cm³/mol. The number of hydrogen-bond donors (Lipinski definition) is 1. The van der Waals surface area contributed by atoms with Crippen LogP contribution >= 0.6 is 0 Å². The molecule has 2 atom stereocenters. The van der Waals surface area contributed by atoms with E-state index in [9.17, 15) is 0 Å². The second-order valence-electron chi connectivity index (χ2n) is 8.16. The summed E-state index contributed by atoms with van der Waals surface area (Å²) in [5.74, 6) is 1.91. The fourth-order valence-electron chi connectivity index (χ4n) is 3.71. The monoisotopic (exact) mass is 291 g/mol. The number of hydrogen-bond acceptors (Lipinski definition) is 4. The van der Waals surface area contributed by atoms with Gasteiger partial charge in [0.2, 0.25) is 0 Å². The van der Waals surface area contributed by atoms with Gasteiger partial charge < -0.3 is 5.32 Å². The van der Waals surface area contributed by atoms with Crippen molar-refractivity contribution in [3.05, 3.63) is 12.2 Å². The van der Waals surface area contributed by atoms with Gasteiger partial charge in [0, 0.05) is 31.7 Å². The van der Waals surface area contributed by atoms with Crippen LogP contribution in [-0.4, -0.2) is 44.3 Å². The third-order valence-corrected chi connectivity index (χ3v) is 5.30. The number of nitrogens with zero attached hydrogens (tertiary/aromatic N) is 4. The van der Waals surface area contributed by atoms with E-state index in [4.69, 9.17) is 0 Å². The first-order valence-electron chi connectivity index (χ1n) is 8.11. The molecule has 2 aliphatic rings. The first-order chi connectivity index (χ1) is 9.79. The maximum absolute atomic E-state index is 4.42. The van der Waals surface area contributed by atoms with E-state index >= 15 is 0 Å². The fraction of sp³-hybridized carbons (Fsp3) is 0.875. The molecule has 1 N–H and O–H groups in total. The van der Waals surface area contributed by atoms with Crippen LogP contribution in [0.1, 0.15) is 46.4 Å².